The van der Waals surface area contributed by atoms with Gasteiger partial charge < -0.3 is 10.6 Å². The van der Waals surface area contributed by atoms with E-state index in [9.17, 15) is 4.79 Å². The van der Waals surface area contributed by atoms with E-state index in [2.05, 4.69) is 20.8 Å². The Labute approximate surface area is 156 Å². The molecule has 1 heterocycles. The molecular formula is C21H17N5O. The van der Waals surface area contributed by atoms with E-state index in [1.54, 1.807) is 0 Å². The first-order valence-corrected chi connectivity index (χ1v) is 8.49. The molecule has 6 heteroatoms. The van der Waals surface area contributed by atoms with Gasteiger partial charge in [-0.15, -0.1) is 5.10 Å². The van der Waals surface area contributed by atoms with Crippen LogP contribution in [-0.2, 0) is 0 Å². The molecule has 1 aromatic heterocycles. The van der Waals surface area contributed by atoms with E-state index in [1.807, 2.05) is 84.9 Å². The average Bonchev–Trinajstić information content (AvgIpc) is 3.21. The molecule has 0 spiro atoms. The molecule has 0 atom stereocenters. The Hall–Kier alpha value is -3.93. The summed E-state index contributed by atoms with van der Waals surface area (Å²) in [6.07, 6.45) is 1.45. The summed E-state index contributed by atoms with van der Waals surface area (Å²) < 4.78 is 0. The van der Waals surface area contributed by atoms with Crippen LogP contribution in [0.5, 0.6) is 0 Å². The second-order valence-electron chi connectivity index (χ2n) is 5.88. The van der Waals surface area contributed by atoms with E-state index < -0.39 is 0 Å². The Balaban J connectivity index is 1.42. The molecule has 0 fully saturated rings. The van der Waals surface area contributed by atoms with E-state index in [0.29, 0.717) is 5.69 Å². The Kier molecular flexibility index (Phi) is 4.61. The van der Waals surface area contributed by atoms with Crippen molar-refractivity contribution in [3.63, 3.8) is 0 Å². The van der Waals surface area contributed by atoms with Crippen molar-refractivity contribution in [1.29, 1.82) is 0 Å². The van der Waals surface area contributed by atoms with Crippen LogP contribution < -0.4 is 10.6 Å². The number of nitrogens with zero attached hydrogens (tertiary/aromatic N) is 3. The lowest BCUT2D eigenvalue weighted by molar-refractivity contribution is 0.102. The molecule has 0 saturated heterocycles. The lowest BCUT2D eigenvalue weighted by Crippen LogP contribution is -2.13. The molecule has 27 heavy (non-hydrogen) atoms. The molecule has 0 aliphatic heterocycles. The van der Waals surface area contributed by atoms with E-state index in [4.69, 9.17) is 0 Å². The van der Waals surface area contributed by atoms with E-state index >= 15 is 0 Å². The average molecular weight is 355 g/mol. The second-order valence-corrected chi connectivity index (χ2v) is 5.88. The van der Waals surface area contributed by atoms with Crippen LogP contribution in [0.2, 0.25) is 0 Å². The largest absolute Gasteiger partial charge is 0.356 e. The van der Waals surface area contributed by atoms with Gasteiger partial charge in [0.1, 0.15) is 0 Å². The van der Waals surface area contributed by atoms with Gasteiger partial charge in [0.2, 0.25) is 0 Å². The van der Waals surface area contributed by atoms with E-state index in [-0.39, 0.29) is 11.6 Å². The molecule has 0 radical (unpaired) electrons. The number of para-hydroxylation sites is 2. The highest BCUT2D eigenvalue weighted by atomic mass is 16.2. The topological polar surface area (TPSA) is 71.8 Å². The lowest BCUT2D eigenvalue weighted by atomic mass is 10.2. The van der Waals surface area contributed by atoms with Crippen molar-refractivity contribution < 1.29 is 4.79 Å². The minimum atomic E-state index is -0.305. The van der Waals surface area contributed by atoms with Crippen molar-refractivity contribution in [3.05, 3.63) is 96.8 Å². The van der Waals surface area contributed by atoms with Gasteiger partial charge in [0.05, 0.1) is 11.9 Å². The minimum absolute atomic E-state index is 0.255. The predicted octanol–water partition coefficient (Wildman–Crippen LogP) is 4.26. The second kappa shape index (κ2) is 7.53. The van der Waals surface area contributed by atoms with Gasteiger partial charge in [0.25, 0.3) is 5.91 Å². The minimum Gasteiger partial charge on any atom is -0.356 e. The summed E-state index contributed by atoms with van der Waals surface area (Å²) in [7, 11) is 0. The smallest absolute Gasteiger partial charge is 0.277 e. The number of anilines is 3. The van der Waals surface area contributed by atoms with Crippen LogP contribution in [0.25, 0.3) is 5.69 Å². The first-order valence-electron chi connectivity index (χ1n) is 8.49. The number of aromatic nitrogens is 3. The van der Waals surface area contributed by atoms with E-state index in [1.165, 1.54) is 11.0 Å². The fourth-order valence-corrected chi connectivity index (χ4v) is 2.57. The Bertz CT molecular complexity index is 1030. The fourth-order valence-electron chi connectivity index (χ4n) is 2.57. The molecular weight excluding hydrogens is 338 g/mol. The molecule has 4 rings (SSSR count). The van der Waals surface area contributed by atoms with Gasteiger partial charge in [-0.1, -0.05) is 36.4 Å². The standard InChI is InChI=1S/C21H17N5O/c27-21(20-15-22-26(25-20)19-9-5-2-6-10-19)24-18-13-11-17(12-14-18)23-16-7-3-1-4-8-16/h1-15,23H,(H,24,27). The molecule has 0 aliphatic rings. The molecule has 0 bridgehead atoms. The zero-order valence-electron chi connectivity index (χ0n) is 14.4. The summed E-state index contributed by atoms with van der Waals surface area (Å²) >= 11 is 0. The van der Waals surface area contributed by atoms with Gasteiger partial charge in [0.15, 0.2) is 5.69 Å². The number of hydrogen-bond donors (Lipinski definition) is 2. The molecule has 2 N–H and O–H groups in total. The van der Waals surface area contributed by atoms with Crippen molar-refractivity contribution >= 4 is 23.0 Å². The summed E-state index contributed by atoms with van der Waals surface area (Å²) in [5, 5.41) is 14.5. The van der Waals surface area contributed by atoms with Crippen LogP contribution in [-0.4, -0.2) is 20.9 Å². The Morgan fingerprint density at radius 1 is 0.741 bits per heavy atom. The number of rotatable bonds is 5. The van der Waals surface area contributed by atoms with Crippen molar-refractivity contribution in [2.24, 2.45) is 0 Å². The Morgan fingerprint density at radius 3 is 2.04 bits per heavy atom. The lowest BCUT2D eigenvalue weighted by Gasteiger charge is -2.08. The first-order chi connectivity index (χ1) is 13.3. The number of benzene rings is 3. The SMILES string of the molecule is O=C(Nc1ccc(Nc2ccccc2)cc1)c1cnn(-c2ccccc2)n1. The van der Waals surface area contributed by atoms with Crippen LogP contribution in [0, 0.1) is 0 Å². The fraction of sp³-hybridized carbons (Fsp3) is 0. The number of hydrogen-bond acceptors (Lipinski definition) is 4. The summed E-state index contributed by atoms with van der Waals surface area (Å²) in [6.45, 7) is 0. The highest BCUT2D eigenvalue weighted by Crippen LogP contribution is 2.19. The zero-order chi connectivity index (χ0) is 18.5. The van der Waals surface area contributed by atoms with Gasteiger partial charge in [-0.25, -0.2) is 0 Å². The molecule has 6 nitrogen and oxygen atoms in total. The molecule has 4 aromatic rings. The predicted molar refractivity (Wildman–Crippen MR) is 105 cm³/mol. The van der Waals surface area contributed by atoms with Crippen molar-refractivity contribution in [1.82, 2.24) is 15.0 Å². The highest BCUT2D eigenvalue weighted by molar-refractivity contribution is 6.02. The monoisotopic (exact) mass is 355 g/mol. The van der Waals surface area contributed by atoms with Gasteiger partial charge in [0, 0.05) is 17.1 Å². The number of carbonyl (C=O) groups excluding carboxylic acids is 1. The van der Waals surface area contributed by atoms with Crippen molar-refractivity contribution in [3.8, 4) is 5.69 Å². The van der Waals surface area contributed by atoms with Gasteiger partial charge >= 0.3 is 0 Å². The maximum absolute atomic E-state index is 12.4. The summed E-state index contributed by atoms with van der Waals surface area (Å²) in [4.78, 5) is 13.8. The first kappa shape index (κ1) is 16.5. The van der Waals surface area contributed by atoms with Crippen LogP contribution in [0.1, 0.15) is 10.5 Å². The van der Waals surface area contributed by atoms with Crippen LogP contribution in [0.4, 0.5) is 17.1 Å². The van der Waals surface area contributed by atoms with Gasteiger partial charge in [-0.05, 0) is 48.5 Å². The van der Waals surface area contributed by atoms with E-state index in [0.717, 1.165) is 17.1 Å². The zero-order valence-corrected chi connectivity index (χ0v) is 14.4. The molecule has 132 valence electrons. The quantitative estimate of drug-likeness (QED) is 0.561. The molecule has 1 amide bonds. The third-order valence-electron chi connectivity index (χ3n) is 3.92. The summed E-state index contributed by atoms with van der Waals surface area (Å²) in [6, 6.07) is 26.8. The third-order valence-corrected chi connectivity index (χ3v) is 3.92. The van der Waals surface area contributed by atoms with Crippen LogP contribution >= 0.6 is 0 Å². The van der Waals surface area contributed by atoms with Crippen LogP contribution in [0.3, 0.4) is 0 Å². The Morgan fingerprint density at radius 2 is 1.33 bits per heavy atom. The molecule has 0 aliphatic carbocycles. The number of nitrogens with one attached hydrogen (secondary N) is 2. The molecule has 3 aromatic carbocycles. The third kappa shape index (κ3) is 4.01. The van der Waals surface area contributed by atoms with Crippen molar-refractivity contribution in [2.45, 2.75) is 0 Å². The van der Waals surface area contributed by atoms with Crippen molar-refractivity contribution in [2.75, 3.05) is 10.6 Å². The normalized spacial score (nSPS) is 10.4. The summed E-state index contributed by atoms with van der Waals surface area (Å²) in [5.41, 5.74) is 3.69. The maximum atomic E-state index is 12.4. The number of carbonyl (C=O) groups is 1. The highest BCUT2D eigenvalue weighted by Gasteiger charge is 2.11. The maximum Gasteiger partial charge on any atom is 0.277 e. The number of amides is 1. The molecule has 0 unspecified atom stereocenters. The van der Waals surface area contributed by atoms with Gasteiger partial charge in [-0.2, -0.15) is 9.90 Å². The van der Waals surface area contributed by atoms with Crippen LogP contribution in [0.15, 0.2) is 91.1 Å². The molecule has 0 saturated carbocycles. The summed E-state index contributed by atoms with van der Waals surface area (Å²) in [5.74, 6) is -0.305. The van der Waals surface area contributed by atoms with Gasteiger partial charge in [-0.3, -0.25) is 4.79 Å².